The average molecular weight is 290 g/mol. The summed E-state index contributed by atoms with van der Waals surface area (Å²) in [5, 5.41) is 3.62. The van der Waals surface area contributed by atoms with Crippen LogP contribution in [0, 0.1) is 5.92 Å². The van der Waals surface area contributed by atoms with Gasteiger partial charge in [-0.2, -0.15) is 0 Å². The highest BCUT2D eigenvalue weighted by molar-refractivity contribution is 5.73. The smallest absolute Gasteiger partial charge is 0.144 e. The summed E-state index contributed by atoms with van der Waals surface area (Å²) in [6.45, 7) is 6.33. The van der Waals surface area contributed by atoms with E-state index in [1.807, 2.05) is 26.0 Å². The molecule has 0 aliphatic heterocycles. The first-order valence-electron chi connectivity index (χ1n) is 8.41. The van der Waals surface area contributed by atoms with Crippen molar-refractivity contribution in [3.05, 3.63) is 18.2 Å². The van der Waals surface area contributed by atoms with Crippen LogP contribution in [0.3, 0.4) is 0 Å². The molecule has 118 valence electrons. The van der Waals surface area contributed by atoms with Crippen molar-refractivity contribution in [2.75, 3.05) is 11.1 Å². The highest BCUT2D eigenvalue weighted by atomic mass is 16.5. The van der Waals surface area contributed by atoms with E-state index in [-0.39, 0.29) is 6.10 Å². The van der Waals surface area contributed by atoms with Crippen LogP contribution in [0.15, 0.2) is 18.2 Å². The van der Waals surface area contributed by atoms with Gasteiger partial charge in [0, 0.05) is 6.04 Å². The molecule has 0 spiro atoms. The minimum absolute atomic E-state index is 0.145. The molecule has 1 saturated carbocycles. The Hall–Kier alpha value is -1.38. The number of nitrogen functional groups attached to an aromatic ring is 1. The highest BCUT2D eigenvalue weighted by Crippen LogP contribution is 2.34. The number of hydrogen-bond acceptors (Lipinski definition) is 3. The first-order chi connectivity index (χ1) is 10.1. The van der Waals surface area contributed by atoms with E-state index in [0.717, 1.165) is 23.0 Å². The van der Waals surface area contributed by atoms with Gasteiger partial charge in [-0.25, -0.2) is 0 Å². The number of benzene rings is 1. The summed E-state index contributed by atoms with van der Waals surface area (Å²) in [7, 11) is 0. The molecule has 1 aromatic rings. The van der Waals surface area contributed by atoms with Crippen LogP contribution >= 0.6 is 0 Å². The summed E-state index contributed by atoms with van der Waals surface area (Å²) in [5.41, 5.74) is 7.99. The molecule has 1 aromatic carbocycles. The molecule has 0 unspecified atom stereocenters. The Morgan fingerprint density at radius 2 is 1.95 bits per heavy atom. The third-order valence-electron chi connectivity index (χ3n) is 4.33. The Kier molecular flexibility index (Phi) is 5.77. The zero-order valence-corrected chi connectivity index (χ0v) is 13.7. The van der Waals surface area contributed by atoms with E-state index in [9.17, 15) is 0 Å². The van der Waals surface area contributed by atoms with Crippen LogP contribution in [0.25, 0.3) is 0 Å². The Bertz CT molecular complexity index is 437. The summed E-state index contributed by atoms with van der Waals surface area (Å²) in [6.07, 6.45) is 8.02. The lowest BCUT2D eigenvalue weighted by Crippen LogP contribution is -2.26. The first kappa shape index (κ1) is 16.0. The Morgan fingerprint density at radius 1 is 1.24 bits per heavy atom. The maximum atomic E-state index is 6.24. The van der Waals surface area contributed by atoms with Crippen LogP contribution in [0.1, 0.15) is 59.3 Å². The highest BCUT2D eigenvalue weighted by Gasteiger charge is 2.21. The fraction of sp³-hybridized carbons (Fsp3) is 0.667. The fourth-order valence-corrected chi connectivity index (χ4v) is 3.25. The molecule has 0 heterocycles. The molecule has 2 rings (SSSR count). The van der Waals surface area contributed by atoms with Gasteiger partial charge in [-0.15, -0.1) is 0 Å². The SMILES string of the molecule is CCCC1CCC(Nc2cccc(OC(C)C)c2N)CC1. The van der Waals surface area contributed by atoms with Crippen molar-refractivity contribution in [1.29, 1.82) is 0 Å². The van der Waals surface area contributed by atoms with Gasteiger partial charge in [-0.1, -0.05) is 25.8 Å². The normalized spacial score (nSPS) is 22.3. The van der Waals surface area contributed by atoms with Gasteiger partial charge in [-0.3, -0.25) is 0 Å². The molecule has 0 amide bonds. The predicted molar refractivity (Wildman–Crippen MR) is 90.9 cm³/mol. The lowest BCUT2D eigenvalue weighted by atomic mass is 9.83. The van der Waals surface area contributed by atoms with Crippen LogP contribution < -0.4 is 15.8 Å². The van der Waals surface area contributed by atoms with Crippen molar-refractivity contribution < 1.29 is 4.74 Å². The Balaban J connectivity index is 1.94. The fourth-order valence-electron chi connectivity index (χ4n) is 3.25. The van der Waals surface area contributed by atoms with Crippen LogP contribution in [0.2, 0.25) is 0 Å². The van der Waals surface area contributed by atoms with E-state index in [1.54, 1.807) is 0 Å². The van der Waals surface area contributed by atoms with Crippen molar-refractivity contribution in [2.45, 2.75) is 71.4 Å². The largest absolute Gasteiger partial charge is 0.489 e. The quantitative estimate of drug-likeness (QED) is 0.738. The van der Waals surface area contributed by atoms with Gasteiger partial charge in [-0.05, 0) is 57.6 Å². The van der Waals surface area contributed by atoms with Gasteiger partial charge < -0.3 is 15.8 Å². The number of para-hydroxylation sites is 1. The topological polar surface area (TPSA) is 47.3 Å². The van der Waals surface area contributed by atoms with Crippen molar-refractivity contribution in [3.8, 4) is 5.75 Å². The molecule has 3 nitrogen and oxygen atoms in total. The summed E-state index contributed by atoms with van der Waals surface area (Å²) in [5.74, 6) is 1.72. The lowest BCUT2D eigenvalue weighted by molar-refractivity contribution is 0.244. The molecule has 1 aliphatic rings. The van der Waals surface area contributed by atoms with E-state index in [4.69, 9.17) is 10.5 Å². The lowest BCUT2D eigenvalue weighted by Gasteiger charge is -2.30. The number of anilines is 2. The van der Waals surface area contributed by atoms with Crippen LogP contribution in [0.5, 0.6) is 5.75 Å². The number of hydrogen-bond donors (Lipinski definition) is 2. The molecule has 21 heavy (non-hydrogen) atoms. The number of nitrogens with two attached hydrogens (primary N) is 1. The number of rotatable bonds is 6. The second kappa shape index (κ2) is 7.58. The van der Waals surface area contributed by atoms with E-state index < -0.39 is 0 Å². The van der Waals surface area contributed by atoms with Crippen LogP contribution in [-0.2, 0) is 0 Å². The Labute approximate surface area is 129 Å². The van der Waals surface area contributed by atoms with E-state index in [0.29, 0.717) is 6.04 Å². The summed E-state index contributed by atoms with van der Waals surface area (Å²) in [4.78, 5) is 0. The van der Waals surface area contributed by atoms with Gasteiger partial charge >= 0.3 is 0 Å². The van der Waals surface area contributed by atoms with Gasteiger partial charge in [0.2, 0.25) is 0 Å². The second-order valence-electron chi connectivity index (χ2n) is 6.53. The zero-order chi connectivity index (χ0) is 15.2. The van der Waals surface area contributed by atoms with Crippen molar-refractivity contribution in [1.82, 2.24) is 0 Å². The van der Waals surface area contributed by atoms with Crippen LogP contribution in [0.4, 0.5) is 11.4 Å². The van der Waals surface area contributed by atoms with E-state index in [1.165, 1.54) is 38.5 Å². The summed E-state index contributed by atoms with van der Waals surface area (Å²) >= 11 is 0. The summed E-state index contributed by atoms with van der Waals surface area (Å²) in [6, 6.07) is 6.56. The Morgan fingerprint density at radius 3 is 2.57 bits per heavy atom. The molecule has 0 radical (unpaired) electrons. The maximum absolute atomic E-state index is 6.24. The van der Waals surface area contributed by atoms with Crippen molar-refractivity contribution in [3.63, 3.8) is 0 Å². The van der Waals surface area contributed by atoms with Crippen molar-refractivity contribution >= 4 is 11.4 Å². The van der Waals surface area contributed by atoms with Gasteiger partial charge in [0.15, 0.2) is 0 Å². The average Bonchev–Trinajstić information content (AvgIpc) is 2.45. The molecule has 3 heteroatoms. The van der Waals surface area contributed by atoms with Gasteiger partial charge in [0.05, 0.1) is 17.5 Å². The third-order valence-corrected chi connectivity index (χ3v) is 4.33. The molecule has 0 atom stereocenters. The molecule has 1 aliphatic carbocycles. The predicted octanol–water partition coefficient (Wildman–Crippen LogP) is 4.83. The third kappa shape index (κ3) is 4.55. The second-order valence-corrected chi connectivity index (χ2v) is 6.53. The van der Waals surface area contributed by atoms with Crippen LogP contribution in [-0.4, -0.2) is 12.1 Å². The molecule has 3 N–H and O–H groups in total. The van der Waals surface area contributed by atoms with Crippen molar-refractivity contribution in [2.24, 2.45) is 5.92 Å². The minimum atomic E-state index is 0.145. The number of ether oxygens (including phenoxy) is 1. The minimum Gasteiger partial charge on any atom is -0.489 e. The molecule has 0 bridgehead atoms. The molecular formula is C18H30N2O. The molecule has 0 aromatic heterocycles. The summed E-state index contributed by atoms with van der Waals surface area (Å²) < 4.78 is 5.76. The standard InChI is InChI=1S/C18H30N2O/c1-4-6-14-9-11-15(12-10-14)20-16-7-5-8-17(18(16)19)21-13(2)3/h5,7-8,13-15,20H,4,6,9-12,19H2,1-3H3. The molecular weight excluding hydrogens is 260 g/mol. The van der Waals surface area contributed by atoms with Gasteiger partial charge in [0.1, 0.15) is 5.75 Å². The monoisotopic (exact) mass is 290 g/mol. The zero-order valence-electron chi connectivity index (χ0n) is 13.7. The van der Waals surface area contributed by atoms with E-state index >= 15 is 0 Å². The maximum Gasteiger partial charge on any atom is 0.144 e. The number of nitrogens with one attached hydrogen (secondary N) is 1. The van der Waals surface area contributed by atoms with Gasteiger partial charge in [0.25, 0.3) is 0 Å². The first-order valence-corrected chi connectivity index (χ1v) is 8.41. The van der Waals surface area contributed by atoms with E-state index in [2.05, 4.69) is 18.3 Å². The molecule has 0 saturated heterocycles. The molecule has 1 fully saturated rings.